The number of aromatic nitrogens is 4. The number of nitrogens with zero attached hydrogens (tertiary/aromatic N) is 4. The molecule has 146 valence electrons. The van der Waals surface area contributed by atoms with E-state index in [0.29, 0.717) is 27.7 Å². The van der Waals surface area contributed by atoms with Gasteiger partial charge in [-0.25, -0.2) is 0 Å². The largest absolute Gasteiger partial charge is 0.435 e. The number of carbonyl (C=O) groups is 1. The van der Waals surface area contributed by atoms with E-state index < -0.39 is 12.5 Å². The molecule has 0 aliphatic heterocycles. The number of amides is 1. The van der Waals surface area contributed by atoms with Crippen molar-refractivity contribution in [3.8, 4) is 17.1 Å². The third-order valence-electron chi connectivity index (χ3n) is 3.97. The van der Waals surface area contributed by atoms with Gasteiger partial charge < -0.3 is 10.1 Å². The molecule has 4 aromatic rings. The third kappa shape index (κ3) is 3.99. The number of hydrogen-bond donors (Lipinski definition) is 1. The van der Waals surface area contributed by atoms with Crippen molar-refractivity contribution < 1.29 is 18.3 Å². The van der Waals surface area contributed by atoms with Crippen LogP contribution in [0.3, 0.4) is 0 Å². The molecule has 29 heavy (non-hydrogen) atoms. The van der Waals surface area contributed by atoms with Gasteiger partial charge >= 0.3 is 6.61 Å². The lowest BCUT2D eigenvalue weighted by Gasteiger charge is -2.09. The first-order valence-corrected chi connectivity index (χ1v) is 8.70. The standard InChI is InChI=1S/C19H12ClF2N5O2/c20-12-2-1-3-13(8-12)24-18(28)15-9-23-10-16-25-26-17(27(15)16)11-4-6-14(7-5-11)29-19(21)22/h1-10,19H,(H,24,28). The highest BCUT2D eigenvalue weighted by Gasteiger charge is 2.17. The van der Waals surface area contributed by atoms with Crippen LogP contribution in [0.25, 0.3) is 17.0 Å². The second-order valence-electron chi connectivity index (χ2n) is 5.88. The number of fused-ring (bicyclic) bond motifs is 1. The van der Waals surface area contributed by atoms with Crippen LogP contribution in [0, 0.1) is 0 Å². The van der Waals surface area contributed by atoms with Crippen LogP contribution in [-0.4, -0.2) is 32.1 Å². The minimum Gasteiger partial charge on any atom is -0.435 e. The maximum Gasteiger partial charge on any atom is 0.387 e. The fourth-order valence-corrected chi connectivity index (χ4v) is 2.93. The van der Waals surface area contributed by atoms with Crippen LogP contribution in [0.2, 0.25) is 5.02 Å². The van der Waals surface area contributed by atoms with Gasteiger partial charge in [0.25, 0.3) is 5.91 Å². The average molecular weight is 416 g/mol. The van der Waals surface area contributed by atoms with E-state index in [4.69, 9.17) is 11.6 Å². The number of alkyl halides is 2. The van der Waals surface area contributed by atoms with Gasteiger partial charge in [0.1, 0.15) is 11.4 Å². The van der Waals surface area contributed by atoms with Crippen molar-refractivity contribution in [2.45, 2.75) is 6.61 Å². The van der Waals surface area contributed by atoms with Gasteiger partial charge in [-0.2, -0.15) is 8.78 Å². The van der Waals surface area contributed by atoms with Gasteiger partial charge in [0.05, 0.1) is 12.4 Å². The van der Waals surface area contributed by atoms with Crippen LogP contribution in [0.5, 0.6) is 5.75 Å². The predicted molar refractivity (Wildman–Crippen MR) is 102 cm³/mol. The topological polar surface area (TPSA) is 81.4 Å². The molecule has 0 unspecified atom stereocenters. The van der Waals surface area contributed by atoms with Crippen molar-refractivity contribution in [1.29, 1.82) is 0 Å². The minimum atomic E-state index is -2.91. The van der Waals surface area contributed by atoms with E-state index in [-0.39, 0.29) is 11.4 Å². The number of anilines is 1. The highest BCUT2D eigenvalue weighted by molar-refractivity contribution is 6.30. The summed E-state index contributed by atoms with van der Waals surface area (Å²) in [5.74, 6) is -0.0792. The SMILES string of the molecule is O=C(Nc1cccc(Cl)c1)c1cncc2nnc(-c3ccc(OC(F)F)cc3)n12. The van der Waals surface area contributed by atoms with Crippen LogP contribution >= 0.6 is 11.6 Å². The number of carbonyl (C=O) groups excluding carboxylic acids is 1. The van der Waals surface area contributed by atoms with E-state index in [2.05, 4.69) is 25.2 Å². The van der Waals surface area contributed by atoms with Crippen molar-refractivity contribution >= 4 is 28.8 Å². The fraction of sp³-hybridized carbons (Fsp3) is 0.0526. The second-order valence-corrected chi connectivity index (χ2v) is 6.31. The van der Waals surface area contributed by atoms with E-state index in [1.54, 1.807) is 36.4 Å². The molecule has 0 saturated heterocycles. The molecule has 10 heteroatoms. The molecule has 7 nitrogen and oxygen atoms in total. The molecule has 2 heterocycles. The quantitative estimate of drug-likeness (QED) is 0.525. The molecule has 1 N–H and O–H groups in total. The summed E-state index contributed by atoms with van der Waals surface area (Å²) in [5.41, 5.74) is 1.62. The Morgan fingerprint density at radius 3 is 2.62 bits per heavy atom. The van der Waals surface area contributed by atoms with Gasteiger partial charge in [0, 0.05) is 16.3 Å². The first-order valence-electron chi connectivity index (χ1n) is 8.32. The number of hydrogen-bond acceptors (Lipinski definition) is 5. The molecule has 0 radical (unpaired) electrons. The Balaban J connectivity index is 1.71. The van der Waals surface area contributed by atoms with Gasteiger partial charge in [-0.05, 0) is 42.5 Å². The number of rotatable bonds is 5. The molecule has 4 rings (SSSR count). The summed E-state index contributed by atoms with van der Waals surface area (Å²) in [6, 6.07) is 12.6. The lowest BCUT2D eigenvalue weighted by molar-refractivity contribution is -0.0498. The number of benzene rings is 2. The Kier molecular flexibility index (Phi) is 5.05. The van der Waals surface area contributed by atoms with Crippen molar-refractivity contribution in [3.63, 3.8) is 0 Å². The Hall–Kier alpha value is -3.59. The highest BCUT2D eigenvalue weighted by atomic mass is 35.5. The summed E-state index contributed by atoms with van der Waals surface area (Å²) in [7, 11) is 0. The Morgan fingerprint density at radius 2 is 1.90 bits per heavy atom. The van der Waals surface area contributed by atoms with Crippen molar-refractivity contribution in [3.05, 3.63) is 71.6 Å². The van der Waals surface area contributed by atoms with E-state index in [1.807, 2.05) is 0 Å². The van der Waals surface area contributed by atoms with Crippen LogP contribution < -0.4 is 10.1 Å². The van der Waals surface area contributed by atoms with Gasteiger partial charge in [-0.15, -0.1) is 10.2 Å². The average Bonchev–Trinajstić information content (AvgIpc) is 3.12. The highest BCUT2D eigenvalue weighted by Crippen LogP contribution is 2.24. The molecule has 0 spiro atoms. The van der Waals surface area contributed by atoms with Crippen molar-refractivity contribution in [1.82, 2.24) is 19.6 Å². The molecule has 0 fully saturated rings. The summed E-state index contributed by atoms with van der Waals surface area (Å²) in [4.78, 5) is 16.9. The lowest BCUT2D eigenvalue weighted by Crippen LogP contribution is -2.16. The zero-order valence-electron chi connectivity index (χ0n) is 14.6. The van der Waals surface area contributed by atoms with E-state index in [9.17, 15) is 13.6 Å². The maximum absolute atomic E-state index is 12.8. The smallest absolute Gasteiger partial charge is 0.387 e. The summed E-state index contributed by atoms with van der Waals surface area (Å²) in [5, 5.41) is 11.4. The van der Waals surface area contributed by atoms with Gasteiger partial charge in [-0.1, -0.05) is 17.7 Å². The molecule has 2 aromatic heterocycles. The van der Waals surface area contributed by atoms with Crippen LogP contribution in [0.15, 0.2) is 60.9 Å². The third-order valence-corrected chi connectivity index (χ3v) is 4.20. The van der Waals surface area contributed by atoms with E-state index >= 15 is 0 Å². The summed E-state index contributed by atoms with van der Waals surface area (Å²) in [6.07, 6.45) is 2.84. The monoisotopic (exact) mass is 415 g/mol. The lowest BCUT2D eigenvalue weighted by atomic mass is 10.2. The Bertz CT molecular complexity index is 1180. The summed E-state index contributed by atoms with van der Waals surface area (Å²) in [6.45, 7) is -2.91. The first-order chi connectivity index (χ1) is 14.0. The fourth-order valence-electron chi connectivity index (χ4n) is 2.74. The van der Waals surface area contributed by atoms with Gasteiger partial charge in [-0.3, -0.25) is 14.2 Å². The number of halogens is 3. The molecule has 0 bridgehead atoms. The molecular formula is C19H12ClF2N5O2. The van der Waals surface area contributed by atoms with Crippen molar-refractivity contribution in [2.75, 3.05) is 5.32 Å². The molecule has 0 aliphatic carbocycles. The summed E-state index contributed by atoms with van der Waals surface area (Å²) >= 11 is 5.96. The molecule has 1 amide bonds. The predicted octanol–water partition coefficient (Wildman–Crippen LogP) is 4.30. The van der Waals surface area contributed by atoms with Crippen molar-refractivity contribution in [2.24, 2.45) is 0 Å². The Morgan fingerprint density at radius 1 is 1.10 bits per heavy atom. The summed E-state index contributed by atoms with van der Waals surface area (Å²) < 4.78 is 30.6. The van der Waals surface area contributed by atoms with Gasteiger partial charge in [0.2, 0.25) is 0 Å². The minimum absolute atomic E-state index is 0.0122. The molecule has 0 atom stereocenters. The molecule has 0 saturated carbocycles. The normalized spacial score (nSPS) is 11.0. The zero-order valence-corrected chi connectivity index (χ0v) is 15.3. The Labute approximate surface area is 167 Å². The molecule has 2 aromatic carbocycles. The second kappa shape index (κ2) is 7.80. The van der Waals surface area contributed by atoms with Gasteiger partial charge in [0.15, 0.2) is 11.5 Å². The first kappa shape index (κ1) is 18.8. The van der Waals surface area contributed by atoms with E-state index in [1.165, 1.54) is 28.9 Å². The molecular weight excluding hydrogens is 404 g/mol. The number of nitrogens with one attached hydrogen (secondary N) is 1. The van der Waals surface area contributed by atoms with E-state index in [0.717, 1.165) is 0 Å². The van der Waals surface area contributed by atoms with Crippen LogP contribution in [0.1, 0.15) is 10.5 Å². The molecule has 0 aliphatic rings. The van der Waals surface area contributed by atoms with Crippen LogP contribution in [-0.2, 0) is 0 Å². The maximum atomic E-state index is 12.8. The van der Waals surface area contributed by atoms with Crippen LogP contribution in [0.4, 0.5) is 14.5 Å². The zero-order chi connectivity index (χ0) is 20.4. The number of ether oxygens (including phenoxy) is 1.